The Kier molecular flexibility index (Phi) is 6.95. The van der Waals surface area contributed by atoms with Gasteiger partial charge in [0, 0.05) is 22.4 Å². The third-order valence-electron chi connectivity index (χ3n) is 4.91. The van der Waals surface area contributed by atoms with Gasteiger partial charge in [0.15, 0.2) is 0 Å². The summed E-state index contributed by atoms with van der Waals surface area (Å²) in [6.07, 6.45) is -5.70. The smallest absolute Gasteiger partial charge is 0.389 e. The molecule has 0 saturated carbocycles. The fraction of sp³-hybridized carbons (Fsp3) is 0.280. The Balaban J connectivity index is 1.81. The first-order chi connectivity index (χ1) is 15.5. The Bertz CT molecular complexity index is 1210. The number of fused-ring (bicyclic) bond motifs is 1. The van der Waals surface area contributed by atoms with Crippen LogP contribution in [0.25, 0.3) is 22.1 Å². The first-order valence-corrected chi connectivity index (χ1v) is 10.1. The van der Waals surface area contributed by atoms with Crippen LogP contribution in [0.1, 0.15) is 20.3 Å². The van der Waals surface area contributed by atoms with Gasteiger partial charge in [0.1, 0.15) is 17.9 Å². The Labute approximate surface area is 188 Å². The molecular formula is C25H23F3O5. The third kappa shape index (κ3) is 6.47. The van der Waals surface area contributed by atoms with E-state index in [1.165, 1.54) is 19.9 Å². The van der Waals surface area contributed by atoms with Gasteiger partial charge in [-0.2, -0.15) is 13.2 Å². The second kappa shape index (κ2) is 9.52. The zero-order chi connectivity index (χ0) is 24.2. The minimum absolute atomic E-state index is 0.0877. The molecule has 0 saturated heterocycles. The van der Waals surface area contributed by atoms with Gasteiger partial charge in [-0.15, -0.1) is 0 Å². The number of esters is 1. The number of hydrogen-bond acceptors (Lipinski definition) is 5. The molecule has 33 heavy (non-hydrogen) atoms. The molecule has 0 fully saturated rings. The van der Waals surface area contributed by atoms with E-state index in [0.29, 0.717) is 16.5 Å². The topological polar surface area (TPSA) is 65.7 Å². The molecule has 1 atom stereocenters. The summed E-state index contributed by atoms with van der Waals surface area (Å²) in [4.78, 5) is 24.1. The van der Waals surface area contributed by atoms with Crippen LogP contribution in [-0.2, 0) is 9.53 Å². The van der Waals surface area contributed by atoms with E-state index in [2.05, 4.69) is 6.58 Å². The molecule has 2 aromatic carbocycles. The number of hydrogen-bond donors (Lipinski definition) is 0. The van der Waals surface area contributed by atoms with Crippen molar-refractivity contribution in [2.45, 2.75) is 26.4 Å². The van der Waals surface area contributed by atoms with Crippen molar-refractivity contribution >= 4 is 16.9 Å². The summed E-state index contributed by atoms with van der Waals surface area (Å²) >= 11 is 0. The number of alkyl halides is 3. The van der Waals surface area contributed by atoms with Gasteiger partial charge in [-0.25, -0.2) is 9.59 Å². The minimum Gasteiger partial charge on any atom is -0.493 e. The SMILES string of the molecule is C=C(C)C(=O)OCC(C)(COc1ccc2cc(-c3ccccc3)c(=O)oc2c1)CC(F)(F)F. The highest BCUT2D eigenvalue weighted by molar-refractivity contribution is 5.87. The summed E-state index contributed by atoms with van der Waals surface area (Å²) in [5.41, 5.74) is -0.641. The van der Waals surface area contributed by atoms with Crippen LogP contribution in [0, 0.1) is 5.41 Å². The fourth-order valence-electron chi connectivity index (χ4n) is 3.25. The molecule has 0 radical (unpaired) electrons. The van der Waals surface area contributed by atoms with Crippen molar-refractivity contribution in [1.82, 2.24) is 0 Å². The van der Waals surface area contributed by atoms with Crippen LogP contribution in [0.4, 0.5) is 13.2 Å². The van der Waals surface area contributed by atoms with Gasteiger partial charge in [0.2, 0.25) is 0 Å². The van der Waals surface area contributed by atoms with Crippen molar-refractivity contribution in [2.75, 3.05) is 13.2 Å². The molecular weight excluding hydrogens is 437 g/mol. The van der Waals surface area contributed by atoms with Crippen molar-refractivity contribution < 1.29 is 31.9 Å². The molecule has 8 heteroatoms. The molecule has 0 aliphatic carbocycles. The Hall–Kier alpha value is -3.55. The van der Waals surface area contributed by atoms with Gasteiger partial charge < -0.3 is 13.9 Å². The normalized spacial score (nSPS) is 13.4. The van der Waals surface area contributed by atoms with Crippen LogP contribution < -0.4 is 10.4 Å². The third-order valence-corrected chi connectivity index (χ3v) is 4.91. The lowest BCUT2D eigenvalue weighted by atomic mass is 9.88. The Morgan fingerprint density at radius 3 is 2.39 bits per heavy atom. The maximum Gasteiger partial charge on any atom is 0.389 e. The molecule has 1 aromatic heterocycles. The molecule has 0 amide bonds. The summed E-state index contributed by atoms with van der Waals surface area (Å²) in [6, 6.07) is 15.4. The van der Waals surface area contributed by atoms with Crippen molar-refractivity contribution in [3.63, 3.8) is 0 Å². The predicted octanol–water partition coefficient (Wildman–Crippen LogP) is 5.92. The van der Waals surface area contributed by atoms with Gasteiger partial charge in [0.05, 0.1) is 18.6 Å². The maximum atomic E-state index is 13.1. The molecule has 0 aliphatic heterocycles. The molecule has 3 rings (SSSR count). The summed E-state index contributed by atoms with van der Waals surface area (Å²) in [7, 11) is 0. The lowest BCUT2D eigenvalue weighted by Crippen LogP contribution is -2.36. The zero-order valence-corrected chi connectivity index (χ0v) is 18.2. The molecule has 0 spiro atoms. The molecule has 0 aliphatic rings. The van der Waals surface area contributed by atoms with Crippen molar-refractivity contribution in [3.8, 4) is 16.9 Å². The molecule has 0 N–H and O–H groups in total. The number of carbonyl (C=O) groups excluding carboxylic acids is 1. The van der Waals surface area contributed by atoms with Crippen LogP contribution >= 0.6 is 0 Å². The zero-order valence-electron chi connectivity index (χ0n) is 18.2. The van der Waals surface area contributed by atoms with Crippen LogP contribution in [0.15, 0.2) is 76.0 Å². The van der Waals surface area contributed by atoms with E-state index in [4.69, 9.17) is 13.9 Å². The average Bonchev–Trinajstić information content (AvgIpc) is 2.75. The van der Waals surface area contributed by atoms with Crippen molar-refractivity contribution in [1.29, 1.82) is 0 Å². The number of carbonyl (C=O) groups is 1. The monoisotopic (exact) mass is 460 g/mol. The van der Waals surface area contributed by atoms with Crippen molar-refractivity contribution in [2.24, 2.45) is 5.41 Å². The molecule has 1 unspecified atom stereocenters. The summed E-state index contributed by atoms with van der Waals surface area (Å²) < 4.78 is 55.4. The fourth-order valence-corrected chi connectivity index (χ4v) is 3.25. The van der Waals surface area contributed by atoms with Gasteiger partial charge in [0.25, 0.3) is 0 Å². The molecule has 5 nitrogen and oxygen atoms in total. The molecule has 0 bridgehead atoms. The highest BCUT2D eigenvalue weighted by Gasteiger charge is 2.41. The first kappa shape index (κ1) is 24.1. The molecule has 174 valence electrons. The number of benzene rings is 2. The Morgan fingerprint density at radius 1 is 1.06 bits per heavy atom. The van der Waals surface area contributed by atoms with E-state index in [9.17, 15) is 22.8 Å². The lowest BCUT2D eigenvalue weighted by Gasteiger charge is -2.30. The highest BCUT2D eigenvalue weighted by Crippen LogP contribution is 2.35. The second-order valence-electron chi connectivity index (χ2n) is 8.26. The largest absolute Gasteiger partial charge is 0.493 e. The van der Waals surface area contributed by atoms with E-state index in [1.807, 2.05) is 18.2 Å². The van der Waals surface area contributed by atoms with Crippen LogP contribution in [-0.4, -0.2) is 25.4 Å². The van der Waals surface area contributed by atoms with Crippen LogP contribution in [0.3, 0.4) is 0 Å². The highest BCUT2D eigenvalue weighted by atomic mass is 19.4. The predicted molar refractivity (Wildman–Crippen MR) is 118 cm³/mol. The molecule has 3 aromatic rings. The number of ether oxygens (including phenoxy) is 2. The van der Waals surface area contributed by atoms with Crippen LogP contribution in [0.2, 0.25) is 0 Å². The maximum absolute atomic E-state index is 13.1. The lowest BCUT2D eigenvalue weighted by molar-refractivity contribution is -0.173. The Morgan fingerprint density at radius 2 is 1.76 bits per heavy atom. The van der Waals surface area contributed by atoms with E-state index >= 15 is 0 Å². The number of halogens is 3. The van der Waals surface area contributed by atoms with E-state index in [1.54, 1.807) is 30.3 Å². The van der Waals surface area contributed by atoms with Gasteiger partial charge in [-0.05, 0) is 30.7 Å². The quantitative estimate of drug-likeness (QED) is 0.237. The number of rotatable bonds is 8. The molecule has 1 heterocycles. The van der Waals surface area contributed by atoms with Gasteiger partial charge >= 0.3 is 17.8 Å². The minimum atomic E-state index is -4.49. The summed E-state index contributed by atoms with van der Waals surface area (Å²) in [5.74, 6) is -0.553. The first-order valence-electron chi connectivity index (χ1n) is 10.1. The van der Waals surface area contributed by atoms with Gasteiger partial charge in [-0.1, -0.05) is 43.8 Å². The second-order valence-corrected chi connectivity index (χ2v) is 8.26. The average molecular weight is 460 g/mol. The standard InChI is InChI=1S/C25H23F3O5/c1-16(2)22(29)32-15-24(3,13-25(26,27)28)14-31-19-10-9-18-11-20(17-7-5-4-6-8-17)23(30)33-21(18)12-19/h4-12H,1,13-15H2,2-3H3. The summed E-state index contributed by atoms with van der Waals surface area (Å²) in [5, 5.41) is 0.634. The van der Waals surface area contributed by atoms with Gasteiger partial charge in [-0.3, -0.25) is 0 Å². The van der Waals surface area contributed by atoms with E-state index in [0.717, 1.165) is 0 Å². The van der Waals surface area contributed by atoms with E-state index in [-0.39, 0.29) is 23.5 Å². The summed E-state index contributed by atoms with van der Waals surface area (Å²) in [6.45, 7) is 5.27. The van der Waals surface area contributed by atoms with E-state index < -0.39 is 36.2 Å². The van der Waals surface area contributed by atoms with Crippen molar-refractivity contribution in [3.05, 3.63) is 77.2 Å². The van der Waals surface area contributed by atoms with Crippen LogP contribution in [0.5, 0.6) is 5.75 Å².